The predicted molar refractivity (Wildman–Crippen MR) is 99.2 cm³/mol. The Balaban J connectivity index is 1.76. The summed E-state index contributed by atoms with van der Waals surface area (Å²) in [5, 5.41) is 6.22. The molecule has 0 aliphatic rings. The van der Waals surface area contributed by atoms with Crippen molar-refractivity contribution in [1.29, 1.82) is 0 Å². The fourth-order valence-electron chi connectivity index (χ4n) is 2.23. The molecule has 0 aliphatic heterocycles. The van der Waals surface area contributed by atoms with Gasteiger partial charge in [0.2, 0.25) is 0 Å². The Hall–Kier alpha value is -2.20. The molecule has 2 N–H and O–H groups in total. The molecular weight excluding hydrogens is 324 g/mol. The third kappa shape index (κ3) is 5.46. The number of amides is 2. The predicted octanol–water partition coefficient (Wildman–Crippen LogP) is 4.97. The van der Waals surface area contributed by atoms with Gasteiger partial charge in [0.05, 0.1) is 6.54 Å². The van der Waals surface area contributed by atoms with Gasteiger partial charge in [-0.05, 0) is 54.3 Å². The zero-order chi connectivity index (χ0) is 17.5. The summed E-state index contributed by atoms with van der Waals surface area (Å²) in [4.78, 5) is 11.9. The molecule has 128 valence electrons. The fourth-order valence-corrected chi connectivity index (χ4v) is 2.46. The van der Waals surface area contributed by atoms with Gasteiger partial charge >= 0.3 is 6.03 Å². The van der Waals surface area contributed by atoms with E-state index in [9.17, 15) is 4.79 Å². The van der Waals surface area contributed by atoms with Gasteiger partial charge in [-0.2, -0.15) is 0 Å². The molecule has 0 spiro atoms. The lowest BCUT2D eigenvalue weighted by atomic mass is 10.0. The smallest absolute Gasteiger partial charge is 0.319 e. The van der Waals surface area contributed by atoms with Gasteiger partial charge in [-0.15, -0.1) is 0 Å². The van der Waals surface area contributed by atoms with Crippen molar-refractivity contribution in [2.75, 3.05) is 18.5 Å². The van der Waals surface area contributed by atoms with E-state index < -0.39 is 0 Å². The number of carbonyl (C=O) groups excluding carboxylic acids is 1. The Labute approximate surface area is 148 Å². The molecule has 0 radical (unpaired) electrons. The first-order chi connectivity index (χ1) is 11.5. The van der Waals surface area contributed by atoms with Gasteiger partial charge in [0.25, 0.3) is 0 Å². The van der Waals surface area contributed by atoms with E-state index in [1.54, 1.807) is 12.1 Å². The average Bonchev–Trinajstić information content (AvgIpc) is 2.54. The van der Waals surface area contributed by atoms with Crippen LogP contribution in [0.2, 0.25) is 5.02 Å². The zero-order valence-corrected chi connectivity index (χ0v) is 15.0. The first kappa shape index (κ1) is 18.1. The molecule has 0 atom stereocenters. The summed E-state index contributed by atoms with van der Waals surface area (Å²) in [6.07, 6.45) is 0. The molecule has 0 unspecified atom stereocenters. The number of hydrogen-bond donors (Lipinski definition) is 2. The monoisotopic (exact) mass is 346 g/mol. The fraction of sp³-hybridized carbons (Fsp3) is 0.316. The van der Waals surface area contributed by atoms with Gasteiger partial charge in [-0.1, -0.05) is 37.6 Å². The number of rotatable bonds is 6. The highest BCUT2D eigenvalue weighted by Crippen LogP contribution is 2.20. The van der Waals surface area contributed by atoms with Crippen molar-refractivity contribution in [3.63, 3.8) is 0 Å². The van der Waals surface area contributed by atoms with E-state index in [1.807, 2.05) is 31.2 Å². The molecule has 0 bridgehead atoms. The lowest BCUT2D eigenvalue weighted by Gasteiger charge is -2.12. The number of carbonyl (C=O) groups is 1. The summed E-state index contributed by atoms with van der Waals surface area (Å²) in [5.41, 5.74) is 2.89. The molecule has 2 aromatic carbocycles. The van der Waals surface area contributed by atoms with Gasteiger partial charge in [0.15, 0.2) is 0 Å². The van der Waals surface area contributed by atoms with Crippen molar-refractivity contribution in [3.8, 4) is 5.75 Å². The molecule has 5 heteroatoms. The number of ether oxygens (including phenoxy) is 1. The third-order valence-electron chi connectivity index (χ3n) is 3.62. The maximum absolute atomic E-state index is 11.9. The van der Waals surface area contributed by atoms with E-state index in [2.05, 4.69) is 30.5 Å². The molecule has 4 nitrogen and oxygen atoms in total. The topological polar surface area (TPSA) is 50.4 Å². The molecule has 2 aromatic rings. The van der Waals surface area contributed by atoms with E-state index in [-0.39, 0.29) is 6.03 Å². The number of nitrogens with one attached hydrogen (secondary N) is 2. The van der Waals surface area contributed by atoms with Crippen molar-refractivity contribution < 1.29 is 9.53 Å². The largest absolute Gasteiger partial charge is 0.492 e. The summed E-state index contributed by atoms with van der Waals surface area (Å²) < 4.78 is 5.68. The van der Waals surface area contributed by atoms with Crippen LogP contribution in [0.3, 0.4) is 0 Å². The van der Waals surface area contributed by atoms with Crippen LogP contribution in [0.4, 0.5) is 10.5 Å². The van der Waals surface area contributed by atoms with Crippen molar-refractivity contribution >= 4 is 23.3 Å². The van der Waals surface area contributed by atoms with Crippen molar-refractivity contribution in [2.24, 2.45) is 0 Å². The summed E-state index contributed by atoms with van der Waals surface area (Å²) >= 11 is 5.90. The second kappa shape index (κ2) is 8.60. The molecule has 0 heterocycles. The highest BCUT2D eigenvalue weighted by molar-refractivity contribution is 6.30. The lowest BCUT2D eigenvalue weighted by Crippen LogP contribution is -2.32. The van der Waals surface area contributed by atoms with Crippen LogP contribution in [-0.2, 0) is 0 Å². The number of aryl methyl sites for hydroxylation is 1. The van der Waals surface area contributed by atoms with Crippen LogP contribution in [0.5, 0.6) is 5.75 Å². The summed E-state index contributed by atoms with van der Waals surface area (Å²) in [5.74, 6) is 1.28. The molecule has 24 heavy (non-hydrogen) atoms. The highest BCUT2D eigenvalue weighted by Gasteiger charge is 2.05. The van der Waals surface area contributed by atoms with Crippen LogP contribution < -0.4 is 15.4 Å². The van der Waals surface area contributed by atoms with Crippen molar-refractivity contribution in [2.45, 2.75) is 26.7 Å². The van der Waals surface area contributed by atoms with E-state index in [0.717, 1.165) is 17.0 Å². The minimum Gasteiger partial charge on any atom is -0.492 e. The Morgan fingerprint density at radius 2 is 2.00 bits per heavy atom. The Morgan fingerprint density at radius 1 is 1.21 bits per heavy atom. The maximum Gasteiger partial charge on any atom is 0.319 e. The third-order valence-corrected chi connectivity index (χ3v) is 3.85. The summed E-state index contributed by atoms with van der Waals surface area (Å²) in [7, 11) is 0. The van der Waals surface area contributed by atoms with Gasteiger partial charge < -0.3 is 15.4 Å². The van der Waals surface area contributed by atoms with E-state index in [0.29, 0.717) is 24.1 Å². The van der Waals surface area contributed by atoms with E-state index >= 15 is 0 Å². The first-order valence-electron chi connectivity index (χ1n) is 7.99. The van der Waals surface area contributed by atoms with Crippen LogP contribution in [-0.4, -0.2) is 19.2 Å². The second-order valence-corrected chi connectivity index (χ2v) is 6.35. The number of benzene rings is 2. The zero-order valence-electron chi connectivity index (χ0n) is 14.2. The number of hydrogen-bond acceptors (Lipinski definition) is 2. The van der Waals surface area contributed by atoms with Gasteiger partial charge in [0.1, 0.15) is 12.4 Å². The molecule has 0 aliphatic carbocycles. The lowest BCUT2D eigenvalue weighted by molar-refractivity contribution is 0.247. The molecule has 2 amide bonds. The van der Waals surface area contributed by atoms with E-state index in [1.165, 1.54) is 5.56 Å². The van der Waals surface area contributed by atoms with Crippen LogP contribution >= 0.6 is 11.6 Å². The molecule has 0 aromatic heterocycles. The van der Waals surface area contributed by atoms with Gasteiger partial charge in [-0.3, -0.25) is 0 Å². The Bertz CT molecular complexity index is 702. The van der Waals surface area contributed by atoms with Gasteiger partial charge in [0, 0.05) is 10.7 Å². The van der Waals surface area contributed by atoms with Crippen LogP contribution in [0, 0.1) is 6.92 Å². The van der Waals surface area contributed by atoms with Gasteiger partial charge in [-0.25, -0.2) is 4.79 Å². The first-order valence-corrected chi connectivity index (χ1v) is 8.37. The maximum atomic E-state index is 11.9. The molecular formula is C19H23ClN2O2. The highest BCUT2D eigenvalue weighted by atomic mass is 35.5. The normalized spacial score (nSPS) is 10.5. The number of urea groups is 1. The van der Waals surface area contributed by atoms with E-state index in [4.69, 9.17) is 16.3 Å². The summed E-state index contributed by atoms with van der Waals surface area (Å²) in [6.45, 7) is 7.01. The van der Waals surface area contributed by atoms with Crippen molar-refractivity contribution in [1.82, 2.24) is 5.32 Å². The summed E-state index contributed by atoms with van der Waals surface area (Å²) in [6, 6.07) is 13.1. The van der Waals surface area contributed by atoms with Crippen LogP contribution in [0.15, 0.2) is 42.5 Å². The standard InChI is InChI=1S/C19H23ClN2O2/c1-13(2)15-5-4-6-17(12-15)24-10-9-21-19(23)22-18-8-7-16(20)11-14(18)3/h4-8,11-13H,9-10H2,1-3H3,(H2,21,22,23). The SMILES string of the molecule is Cc1cc(Cl)ccc1NC(=O)NCCOc1cccc(C(C)C)c1. The number of halogens is 1. The van der Waals surface area contributed by atoms with Crippen LogP contribution in [0.25, 0.3) is 0 Å². The number of anilines is 1. The molecule has 0 fully saturated rings. The molecule has 0 saturated carbocycles. The quantitative estimate of drug-likeness (QED) is 0.725. The Morgan fingerprint density at radius 3 is 2.71 bits per heavy atom. The average molecular weight is 347 g/mol. The molecule has 0 saturated heterocycles. The minimum atomic E-state index is -0.264. The molecule has 2 rings (SSSR count). The van der Waals surface area contributed by atoms with Crippen LogP contribution in [0.1, 0.15) is 30.9 Å². The second-order valence-electron chi connectivity index (χ2n) is 5.92. The Kier molecular flexibility index (Phi) is 6.50. The minimum absolute atomic E-state index is 0.264. The van der Waals surface area contributed by atoms with Crippen molar-refractivity contribution in [3.05, 3.63) is 58.6 Å².